The van der Waals surface area contributed by atoms with E-state index in [2.05, 4.69) is 22.0 Å². The van der Waals surface area contributed by atoms with Gasteiger partial charge in [0.1, 0.15) is 0 Å². The maximum atomic E-state index is 6.17. The number of fused-ring (bicyclic) bond motifs is 2. The van der Waals surface area contributed by atoms with E-state index in [0.717, 1.165) is 32.3 Å². The van der Waals surface area contributed by atoms with Crippen LogP contribution in [0.15, 0.2) is 4.99 Å². The molecule has 4 unspecified atom stereocenters. The van der Waals surface area contributed by atoms with Crippen molar-refractivity contribution in [2.45, 2.75) is 76.5 Å². The minimum Gasteiger partial charge on any atom is -0.377 e. The second-order valence-corrected chi connectivity index (χ2v) is 9.24. The SMILES string of the molecule is CCN=C(NC1C2CCOC2C12CCCC2)N1CCC(N2CCCC2)C1.I. The van der Waals surface area contributed by atoms with Crippen molar-refractivity contribution in [1.82, 2.24) is 15.1 Å². The molecule has 2 saturated carbocycles. The third-order valence-electron chi connectivity index (χ3n) is 8.00. The van der Waals surface area contributed by atoms with Gasteiger partial charge in [0.05, 0.1) is 6.10 Å². The number of hydrogen-bond acceptors (Lipinski definition) is 3. The van der Waals surface area contributed by atoms with Gasteiger partial charge in [-0.25, -0.2) is 0 Å². The van der Waals surface area contributed by atoms with E-state index >= 15 is 0 Å². The summed E-state index contributed by atoms with van der Waals surface area (Å²) in [6, 6.07) is 1.33. The molecule has 6 heteroatoms. The third-order valence-corrected chi connectivity index (χ3v) is 8.00. The van der Waals surface area contributed by atoms with Crippen LogP contribution in [0.4, 0.5) is 0 Å². The number of rotatable bonds is 3. The maximum Gasteiger partial charge on any atom is 0.194 e. The van der Waals surface area contributed by atoms with E-state index in [4.69, 9.17) is 9.73 Å². The molecule has 27 heavy (non-hydrogen) atoms. The van der Waals surface area contributed by atoms with Crippen molar-refractivity contribution < 1.29 is 4.74 Å². The average Bonchev–Trinajstić information content (AvgIpc) is 3.44. The molecule has 5 fully saturated rings. The molecule has 3 aliphatic heterocycles. The van der Waals surface area contributed by atoms with E-state index in [-0.39, 0.29) is 24.0 Å². The number of ether oxygens (including phenoxy) is 1. The lowest BCUT2D eigenvalue weighted by Gasteiger charge is -2.57. The number of guanidine groups is 1. The molecule has 2 aliphatic carbocycles. The van der Waals surface area contributed by atoms with Crippen molar-refractivity contribution in [3.8, 4) is 0 Å². The molecule has 0 aromatic heterocycles. The van der Waals surface area contributed by atoms with Crippen LogP contribution in [0.2, 0.25) is 0 Å². The fourth-order valence-electron chi connectivity index (χ4n) is 6.77. The summed E-state index contributed by atoms with van der Waals surface area (Å²) >= 11 is 0. The first-order chi connectivity index (χ1) is 12.8. The molecule has 1 spiro atoms. The summed E-state index contributed by atoms with van der Waals surface area (Å²) in [4.78, 5) is 10.2. The molecule has 5 rings (SSSR count). The Balaban J connectivity index is 0.00000180. The number of nitrogens with zero attached hydrogens (tertiary/aromatic N) is 3. The van der Waals surface area contributed by atoms with Crippen molar-refractivity contribution in [2.75, 3.05) is 39.3 Å². The van der Waals surface area contributed by atoms with Crippen molar-refractivity contribution in [1.29, 1.82) is 0 Å². The largest absolute Gasteiger partial charge is 0.377 e. The summed E-state index contributed by atoms with van der Waals surface area (Å²) in [6.45, 7) is 8.95. The second-order valence-electron chi connectivity index (χ2n) is 9.24. The molecule has 0 aromatic rings. The van der Waals surface area contributed by atoms with Gasteiger partial charge >= 0.3 is 0 Å². The van der Waals surface area contributed by atoms with Crippen molar-refractivity contribution in [3.63, 3.8) is 0 Å². The summed E-state index contributed by atoms with van der Waals surface area (Å²) < 4.78 is 6.17. The number of hydrogen-bond donors (Lipinski definition) is 1. The Bertz CT molecular complexity index is 544. The van der Waals surface area contributed by atoms with Crippen LogP contribution >= 0.6 is 24.0 Å². The Labute approximate surface area is 181 Å². The molecule has 3 saturated heterocycles. The van der Waals surface area contributed by atoms with Gasteiger partial charge in [-0.15, -0.1) is 24.0 Å². The zero-order chi connectivity index (χ0) is 17.6. The van der Waals surface area contributed by atoms with Crippen LogP contribution < -0.4 is 5.32 Å². The Morgan fingerprint density at radius 2 is 1.89 bits per heavy atom. The highest BCUT2D eigenvalue weighted by Gasteiger charge is 2.65. The second kappa shape index (κ2) is 8.34. The smallest absolute Gasteiger partial charge is 0.194 e. The Hall–Kier alpha value is -0.0800. The summed E-state index contributed by atoms with van der Waals surface area (Å²) in [5.74, 6) is 1.91. The van der Waals surface area contributed by atoms with E-state index in [1.165, 1.54) is 70.4 Å². The Kier molecular flexibility index (Phi) is 6.24. The molecule has 5 nitrogen and oxygen atoms in total. The van der Waals surface area contributed by atoms with Crippen molar-refractivity contribution in [2.24, 2.45) is 16.3 Å². The minimum absolute atomic E-state index is 0. The van der Waals surface area contributed by atoms with Crippen LogP contribution in [-0.4, -0.2) is 73.3 Å². The third kappa shape index (κ3) is 3.41. The number of halogens is 1. The fraction of sp³-hybridized carbons (Fsp3) is 0.952. The molecule has 3 heterocycles. The highest BCUT2D eigenvalue weighted by atomic mass is 127. The van der Waals surface area contributed by atoms with Gasteiger partial charge in [-0.1, -0.05) is 12.8 Å². The van der Waals surface area contributed by atoms with E-state index in [1.807, 2.05) is 0 Å². The average molecular weight is 488 g/mol. The van der Waals surface area contributed by atoms with Crippen LogP contribution in [0.1, 0.15) is 58.3 Å². The van der Waals surface area contributed by atoms with Crippen LogP contribution in [0, 0.1) is 11.3 Å². The van der Waals surface area contributed by atoms with Crippen LogP contribution in [-0.2, 0) is 4.74 Å². The Morgan fingerprint density at radius 3 is 2.63 bits per heavy atom. The molecule has 5 aliphatic rings. The molecule has 1 N–H and O–H groups in total. The zero-order valence-electron chi connectivity index (χ0n) is 16.9. The lowest BCUT2D eigenvalue weighted by Crippen LogP contribution is -2.69. The topological polar surface area (TPSA) is 40.1 Å². The Morgan fingerprint density at radius 1 is 1.11 bits per heavy atom. The first-order valence-electron chi connectivity index (χ1n) is 11.2. The lowest BCUT2D eigenvalue weighted by atomic mass is 9.54. The van der Waals surface area contributed by atoms with E-state index in [0.29, 0.717) is 23.5 Å². The standard InChI is InChI=1S/C21H36N4O.HI/c1-2-22-20(25-13-7-16(15-25)24-11-5-6-12-24)23-18-17-8-14-26-19(17)21(18)9-3-4-10-21;/h16-19H,2-15H2,1H3,(H,22,23);1H. The van der Waals surface area contributed by atoms with Crippen LogP contribution in [0.25, 0.3) is 0 Å². The molecule has 4 atom stereocenters. The van der Waals surface area contributed by atoms with Crippen LogP contribution in [0.5, 0.6) is 0 Å². The van der Waals surface area contributed by atoms with Crippen molar-refractivity contribution >= 4 is 29.9 Å². The molecule has 0 radical (unpaired) electrons. The predicted molar refractivity (Wildman–Crippen MR) is 120 cm³/mol. The lowest BCUT2D eigenvalue weighted by molar-refractivity contribution is -0.125. The quantitative estimate of drug-likeness (QED) is 0.377. The highest BCUT2D eigenvalue weighted by Crippen LogP contribution is 2.60. The summed E-state index contributed by atoms with van der Waals surface area (Å²) in [5, 5.41) is 3.99. The van der Waals surface area contributed by atoms with Crippen molar-refractivity contribution in [3.05, 3.63) is 0 Å². The molecular formula is C21H37IN4O. The molecular weight excluding hydrogens is 451 g/mol. The molecule has 0 bridgehead atoms. The monoisotopic (exact) mass is 488 g/mol. The van der Waals surface area contributed by atoms with Gasteiger partial charge in [-0.2, -0.15) is 0 Å². The van der Waals surface area contributed by atoms with E-state index < -0.39 is 0 Å². The van der Waals surface area contributed by atoms with E-state index in [9.17, 15) is 0 Å². The van der Waals surface area contributed by atoms with Gasteiger partial charge in [-0.05, 0) is 58.5 Å². The van der Waals surface area contributed by atoms with Crippen LogP contribution in [0.3, 0.4) is 0 Å². The minimum atomic E-state index is 0. The van der Waals surface area contributed by atoms with Gasteiger partial charge < -0.3 is 15.0 Å². The van der Waals surface area contributed by atoms with Gasteiger partial charge in [0, 0.05) is 49.7 Å². The first-order valence-corrected chi connectivity index (χ1v) is 11.2. The van der Waals surface area contributed by atoms with Gasteiger partial charge in [-0.3, -0.25) is 9.89 Å². The number of nitrogens with one attached hydrogen (secondary N) is 1. The van der Waals surface area contributed by atoms with Gasteiger partial charge in [0.2, 0.25) is 0 Å². The van der Waals surface area contributed by atoms with Gasteiger partial charge in [0.25, 0.3) is 0 Å². The fourth-order valence-corrected chi connectivity index (χ4v) is 6.77. The zero-order valence-corrected chi connectivity index (χ0v) is 19.2. The normalized spacial score (nSPS) is 38.1. The number of likely N-dealkylation sites (tertiary alicyclic amines) is 2. The molecule has 0 amide bonds. The summed E-state index contributed by atoms with van der Waals surface area (Å²) in [7, 11) is 0. The summed E-state index contributed by atoms with van der Waals surface area (Å²) in [6.07, 6.45) is 11.3. The summed E-state index contributed by atoms with van der Waals surface area (Å²) in [5.41, 5.74) is 0.407. The first kappa shape index (κ1) is 20.2. The molecule has 154 valence electrons. The number of aliphatic imine (C=N–C) groups is 1. The maximum absolute atomic E-state index is 6.17. The van der Waals surface area contributed by atoms with Gasteiger partial charge in [0.15, 0.2) is 5.96 Å². The molecule has 0 aromatic carbocycles. The van der Waals surface area contributed by atoms with E-state index in [1.54, 1.807) is 0 Å². The highest BCUT2D eigenvalue weighted by molar-refractivity contribution is 14.0. The predicted octanol–water partition coefficient (Wildman–Crippen LogP) is 3.09.